The normalized spacial score (nSPS) is 21.5. The number of nitrogens with zero attached hydrogens (tertiary/aromatic N) is 1. The highest BCUT2D eigenvalue weighted by atomic mass is 16.2. The van der Waals surface area contributed by atoms with Gasteiger partial charge in [0.05, 0.1) is 0 Å². The topological polar surface area (TPSA) is 49.4 Å². The van der Waals surface area contributed by atoms with Crippen molar-refractivity contribution in [1.82, 2.24) is 10.2 Å². The number of piperazine rings is 1. The SMILES string of the molecule is CCCCCCCCN1C(=O)C(C)NC(=O)C1(CC)CC. The van der Waals surface area contributed by atoms with Gasteiger partial charge in [0.1, 0.15) is 11.6 Å². The standard InChI is InChI=1S/C17H32N2O2/c1-5-8-9-10-11-12-13-19-15(20)14(4)18-16(21)17(19,6-2)7-3/h14H,5-13H2,1-4H3,(H,18,21). The molecule has 1 aliphatic heterocycles. The van der Waals surface area contributed by atoms with Crippen molar-refractivity contribution in [2.24, 2.45) is 0 Å². The number of hydrogen-bond acceptors (Lipinski definition) is 2. The third kappa shape index (κ3) is 3.98. The van der Waals surface area contributed by atoms with E-state index in [1.807, 2.05) is 18.7 Å². The second-order valence-corrected chi connectivity index (χ2v) is 6.19. The Kier molecular flexibility index (Phi) is 7.20. The highest BCUT2D eigenvalue weighted by Gasteiger charge is 2.48. The molecule has 0 aromatic carbocycles. The Morgan fingerprint density at radius 2 is 1.57 bits per heavy atom. The monoisotopic (exact) mass is 296 g/mol. The lowest BCUT2D eigenvalue weighted by Crippen LogP contribution is -2.69. The Bertz CT molecular complexity index is 351. The molecule has 1 aliphatic rings. The highest BCUT2D eigenvalue weighted by molar-refractivity contribution is 5.99. The fraction of sp³-hybridized carbons (Fsp3) is 0.882. The quantitative estimate of drug-likeness (QED) is 0.664. The summed E-state index contributed by atoms with van der Waals surface area (Å²) in [7, 11) is 0. The number of carbonyl (C=O) groups excluding carboxylic acids is 2. The molecule has 122 valence electrons. The Hall–Kier alpha value is -1.06. The molecule has 1 unspecified atom stereocenters. The van der Waals surface area contributed by atoms with Gasteiger partial charge < -0.3 is 10.2 Å². The van der Waals surface area contributed by atoms with Crippen molar-refractivity contribution < 1.29 is 9.59 Å². The van der Waals surface area contributed by atoms with Crippen LogP contribution >= 0.6 is 0 Å². The van der Waals surface area contributed by atoms with Gasteiger partial charge in [-0.05, 0) is 26.2 Å². The van der Waals surface area contributed by atoms with Gasteiger partial charge in [0.15, 0.2) is 0 Å². The van der Waals surface area contributed by atoms with Gasteiger partial charge in [0, 0.05) is 6.54 Å². The summed E-state index contributed by atoms with van der Waals surface area (Å²) in [5.74, 6) is 0.0949. The first-order valence-electron chi connectivity index (χ1n) is 8.65. The van der Waals surface area contributed by atoms with Crippen LogP contribution in [0, 0.1) is 0 Å². The van der Waals surface area contributed by atoms with Crippen LogP contribution in [0.3, 0.4) is 0 Å². The molecular formula is C17H32N2O2. The highest BCUT2D eigenvalue weighted by Crippen LogP contribution is 2.29. The van der Waals surface area contributed by atoms with Crippen LogP contribution in [0.4, 0.5) is 0 Å². The fourth-order valence-corrected chi connectivity index (χ4v) is 3.29. The molecule has 0 aromatic rings. The molecule has 0 aliphatic carbocycles. The average Bonchev–Trinajstić information content (AvgIpc) is 2.48. The van der Waals surface area contributed by atoms with Crippen molar-refractivity contribution in [3.8, 4) is 0 Å². The average molecular weight is 296 g/mol. The summed E-state index contributed by atoms with van der Waals surface area (Å²) >= 11 is 0. The van der Waals surface area contributed by atoms with Gasteiger partial charge >= 0.3 is 0 Å². The summed E-state index contributed by atoms with van der Waals surface area (Å²) in [6, 6.07) is -0.385. The number of amides is 2. The number of unbranched alkanes of at least 4 members (excludes halogenated alkanes) is 5. The van der Waals surface area contributed by atoms with E-state index in [0.29, 0.717) is 19.4 Å². The molecule has 0 saturated carbocycles. The van der Waals surface area contributed by atoms with Crippen molar-refractivity contribution in [3.05, 3.63) is 0 Å². The molecular weight excluding hydrogens is 264 g/mol. The summed E-state index contributed by atoms with van der Waals surface area (Å²) in [5, 5.41) is 2.84. The lowest BCUT2D eigenvalue weighted by Gasteiger charge is -2.47. The third-order valence-corrected chi connectivity index (χ3v) is 4.83. The summed E-state index contributed by atoms with van der Waals surface area (Å²) in [6.45, 7) is 8.71. The summed E-state index contributed by atoms with van der Waals surface area (Å²) in [6.07, 6.45) is 8.54. The molecule has 1 heterocycles. The molecule has 4 heteroatoms. The second kappa shape index (κ2) is 8.40. The van der Waals surface area contributed by atoms with Crippen molar-refractivity contribution >= 4 is 11.8 Å². The molecule has 0 aromatic heterocycles. The molecule has 0 bridgehead atoms. The zero-order valence-electron chi connectivity index (χ0n) is 14.2. The van der Waals surface area contributed by atoms with Crippen molar-refractivity contribution in [2.75, 3.05) is 6.54 Å². The van der Waals surface area contributed by atoms with E-state index >= 15 is 0 Å². The molecule has 1 rings (SSSR count). The number of rotatable bonds is 9. The maximum Gasteiger partial charge on any atom is 0.246 e. The minimum atomic E-state index is -0.632. The van der Waals surface area contributed by atoms with Crippen molar-refractivity contribution in [1.29, 1.82) is 0 Å². The van der Waals surface area contributed by atoms with Crippen LogP contribution < -0.4 is 5.32 Å². The summed E-state index contributed by atoms with van der Waals surface area (Å²) < 4.78 is 0. The Balaban J connectivity index is 2.64. The van der Waals surface area contributed by atoms with E-state index in [2.05, 4.69) is 12.2 Å². The number of hydrogen-bond donors (Lipinski definition) is 1. The number of carbonyl (C=O) groups is 2. The van der Waals surface area contributed by atoms with Crippen LogP contribution in [-0.4, -0.2) is 34.8 Å². The van der Waals surface area contributed by atoms with E-state index in [1.54, 1.807) is 6.92 Å². The van der Waals surface area contributed by atoms with Crippen molar-refractivity contribution in [2.45, 2.75) is 90.6 Å². The van der Waals surface area contributed by atoms with Crippen LogP contribution in [-0.2, 0) is 9.59 Å². The van der Waals surface area contributed by atoms with E-state index in [-0.39, 0.29) is 17.9 Å². The van der Waals surface area contributed by atoms with E-state index in [4.69, 9.17) is 0 Å². The largest absolute Gasteiger partial charge is 0.343 e. The predicted octanol–water partition coefficient (Wildman–Crippen LogP) is 3.25. The van der Waals surface area contributed by atoms with E-state index in [0.717, 1.165) is 12.8 Å². The summed E-state index contributed by atoms with van der Waals surface area (Å²) in [5.41, 5.74) is -0.632. The Morgan fingerprint density at radius 3 is 2.14 bits per heavy atom. The minimum Gasteiger partial charge on any atom is -0.343 e. The zero-order chi connectivity index (χ0) is 15.9. The van der Waals surface area contributed by atoms with Crippen LogP contribution in [0.15, 0.2) is 0 Å². The summed E-state index contributed by atoms with van der Waals surface area (Å²) in [4.78, 5) is 26.8. The third-order valence-electron chi connectivity index (χ3n) is 4.83. The first-order chi connectivity index (χ1) is 10.0. The molecule has 1 N–H and O–H groups in total. The van der Waals surface area contributed by atoms with Gasteiger partial charge in [-0.2, -0.15) is 0 Å². The Labute approximate surface area is 129 Å². The maximum absolute atomic E-state index is 12.5. The second-order valence-electron chi connectivity index (χ2n) is 6.19. The van der Waals surface area contributed by atoms with Gasteiger partial charge in [-0.3, -0.25) is 9.59 Å². The van der Waals surface area contributed by atoms with E-state index in [9.17, 15) is 9.59 Å². The molecule has 21 heavy (non-hydrogen) atoms. The molecule has 1 fully saturated rings. The molecule has 1 atom stereocenters. The van der Waals surface area contributed by atoms with E-state index in [1.165, 1.54) is 25.7 Å². The fourth-order valence-electron chi connectivity index (χ4n) is 3.29. The van der Waals surface area contributed by atoms with Crippen molar-refractivity contribution in [3.63, 3.8) is 0 Å². The molecule has 1 saturated heterocycles. The lowest BCUT2D eigenvalue weighted by molar-refractivity contribution is -0.157. The molecule has 0 radical (unpaired) electrons. The van der Waals surface area contributed by atoms with Crippen LogP contribution in [0.1, 0.15) is 79.1 Å². The minimum absolute atomic E-state index is 0.0191. The van der Waals surface area contributed by atoms with E-state index < -0.39 is 5.54 Å². The Morgan fingerprint density at radius 1 is 1.00 bits per heavy atom. The first kappa shape index (κ1) is 18.0. The van der Waals surface area contributed by atoms with Crippen LogP contribution in [0.2, 0.25) is 0 Å². The van der Waals surface area contributed by atoms with Crippen LogP contribution in [0.5, 0.6) is 0 Å². The van der Waals surface area contributed by atoms with Gasteiger partial charge in [0.2, 0.25) is 11.8 Å². The first-order valence-corrected chi connectivity index (χ1v) is 8.65. The molecule has 4 nitrogen and oxygen atoms in total. The van der Waals surface area contributed by atoms with Gasteiger partial charge in [-0.15, -0.1) is 0 Å². The van der Waals surface area contributed by atoms with Gasteiger partial charge in [-0.1, -0.05) is 52.9 Å². The smallest absolute Gasteiger partial charge is 0.246 e. The van der Waals surface area contributed by atoms with Gasteiger partial charge in [0.25, 0.3) is 0 Å². The lowest BCUT2D eigenvalue weighted by atomic mass is 9.85. The molecule has 0 spiro atoms. The van der Waals surface area contributed by atoms with Crippen LogP contribution in [0.25, 0.3) is 0 Å². The predicted molar refractivity (Wildman–Crippen MR) is 86.0 cm³/mol. The van der Waals surface area contributed by atoms with Gasteiger partial charge in [-0.25, -0.2) is 0 Å². The zero-order valence-corrected chi connectivity index (χ0v) is 14.2. The molecule has 2 amide bonds. The number of nitrogens with one attached hydrogen (secondary N) is 1. The maximum atomic E-state index is 12.5.